The first-order chi connectivity index (χ1) is 16.0. The van der Waals surface area contributed by atoms with Gasteiger partial charge in [-0.05, 0) is 83.1 Å². The van der Waals surface area contributed by atoms with Gasteiger partial charge in [0.05, 0.1) is 21.7 Å². The second-order valence-corrected chi connectivity index (χ2v) is 13.3. The lowest BCUT2D eigenvalue weighted by molar-refractivity contribution is -0.300. The quantitative estimate of drug-likeness (QED) is 0.429. The molecule has 5 atom stereocenters. The summed E-state index contributed by atoms with van der Waals surface area (Å²) < 4.78 is 28.0. The van der Waals surface area contributed by atoms with Crippen molar-refractivity contribution in [3.63, 3.8) is 0 Å². The number of carbonyl (C=O) groups is 4. The lowest BCUT2D eigenvalue weighted by atomic mass is 9.93. The van der Waals surface area contributed by atoms with E-state index in [-0.39, 0.29) is 0 Å². The summed E-state index contributed by atoms with van der Waals surface area (Å²) in [6, 6.07) is 0. The molecule has 1 N–H and O–H groups in total. The minimum Gasteiger partial charge on any atom is -0.462 e. The highest BCUT2D eigenvalue weighted by Gasteiger charge is 2.54. The number of aliphatic hydroxyl groups excluding tert-OH is 1. The highest BCUT2D eigenvalue weighted by atomic mass is 16.7. The third kappa shape index (κ3) is 8.73. The van der Waals surface area contributed by atoms with Crippen molar-refractivity contribution in [1.29, 1.82) is 0 Å². The summed E-state index contributed by atoms with van der Waals surface area (Å²) in [5, 5.41) is 10.8. The predicted octanol–water partition coefficient (Wildman–Crippen LogP) is 3.17. The van der Waals surface area contributed by atoms with Gasteiger partial charge in [-0.1, -0.05) is 0 Å². The monoisotopic (exact) mass is 516 g/mol. The second-order valence-electron chi connectivity index (χ2n) is 13.3. The predicted molar refractivity (Wildman–Crippen MR) is 129 cm³/mol. The van der Waals surface area contributed by atoms with E-state index in [0.29, 0.717) is 0 Å². The summed E-state index contributed by atoms with van der Waals surface area (Å²) in [5.41, 5.74) is -3.68. The number of carbonyl (C=O) groups excluding carboxylic acids is 4. The number of esters is 4. The van der Waals surface area contributed by atoms with Gasteiger partial charge in [0.25, 0.3) is 0 Å². The molecule has 1 saturated heterocycles. The van der Waals surface area contributed by atoms with Crippen molar-refractivity contribution in [2.24, 2.45) is 21.7 Å². The van der Waals surface area contributed by atoms with E-state index >= 15 is 0 Å². The van der Waals surface area contributed by atoms with Crippen molar-refractivity contribution in [1.82, 2.24) is 0 Å². The van der Waals surface area contributed by atoms with E-state index in [1.807, 2.05) is 0 Å². The largest absolute Gasteiger partial charge is 0.462 e. The van der Waals surface area contributed by atoms with E-state index < -0.39 is 82.8 Å². The molecule has 0 spiro atoms. The highest BCUT2D eigenvalue weighted by Crippen LogP contribution is 2.33. The van der Waals surface area contributed by atoms with Gasteiger partial charge in [-0.2, -0.15) is 0 Å². The zero-order valence-electron chi connectivity index (χ0n) is 23.7. The molecule has 0 radical (unpaired) electrons. The van der Waals surface area contributed by atoms with Crippen LogP contribution in [-0.2, 0) is 42.9 Å². The van der Waals surface area contributed by atoms with Gasteiger partial charge in [0, 0.05) is 0 Å². The first-order valence-corrected chi connectivity index (χ1v) is 12.1. The van der Waals surface area contributed by atoms with Crippen LogP contribution in [0.4, 0.5) is 0 Å². The summed E-state index contributed by atoms with van der Waals surface area (Å²) in [6.07, 6.45) is -7.25. The van der Waals surface area contributed by atoms with Crippen LogP contribution in [0.5, 0.6) is 0 Å². The number of hydrogen-bond donors (Lipinski definition) is 1. The fraction of sp³-hybridized carbons (Fsp3) is 0.846. The molecule has 1 rings (SSSR count). The number of ether oxygens (including phenoxy) is 5. The second kappa shape index (κ2) is 11.0. The van der Waals surface area contributed by atoms with E-state index in [2.05, 4.69) is 0 Å². The maximum atomic E-state index is 12.9. The van der Waals surface area contributed by atoms with Crippen LogP contribution in [0, 0.1) is 21.7 Å². The molecule has 1 aliphatic heterocycles. The Morgan fingerprint density at radius 1 is 0.583 bits per heavy atom. The van der Waals surface area contributed by atoms with E-state index in [0.717, 1.165) is 0 Å². The Balaban J connectivity index is 3.50. The van der Waals surface area contributed by atoms with Crippen LogP contribution in [0.15, 0.2) is 0 Å². The van der Waals surface area contributed by atoms with Crippen molar-refractivity contribution in [2.45, 2.75) is 114 Å². The Kier molecular flexibility index (Phi) is 9.77. The van der Waals surface area contributed by atoms with Crippen LogP contribution < -0.4 is 0 Å². The molecule has 36 heavy (non-hydrogen) atoms. The molecule has 208 valence electrons. The average molecular weight is 517 g/mol. The SMILES string of the molecule is CC(C)(C)C(=O)OC[C@H]1O[C@@H](O)[C@@H](OC(=O)C(C)(C)C)[C@@H](OC(=O)C(C)(C)C)[C@H]1OC(=O)C(C)(C)C. The average Bonchev–Trinajstić information content (AvgIpc) is 2.67. The Bertz CT molecular complexity index is 820. The molecule has 0 unspecified atom stereocenters. The molecule has 0 aliphatic carbocycles. The van der Waals surface area contributed by atoms with Crippen molar-refractivity contribution < 1.29 is 48.0 Å². The molecule has 0 aromatic heterocycles. The molecule has 1 heterocycles. The topological polar surface area (TPSA) is 135 Å². The summed E-state index contributed by atoms with van der Waals surface area (Å²) in [4.78, 5) is 50.8. The Hall–Kier alpha value is -2.20. The highest BCUT2D eigenvalue weighted by molar-refractivity contribution is 5.78. The third-order valence-corrected chi connectivity index (χ3v) is 5.17. The van der Waals surface area contributed by atoms with Crippen LogP contribution in [0.1, 0.15) is 83.1 Å². The smallest absolute Gasteiger partial charge is 0.311 e. The van der Waals surface area contributed by atoms with Gasteiger partial charge in [-0.25, -0.2) is 0 Å². The van der Waals surface area contributed by atoms with Crippen LogP contribution in [0.2, 0.25) is 0 Å². The van der Waals surface area contributed by atoms with Crippen LogP contribution in [0.3, 0.4) is 0 Å². The van der Waals surface area contributed by atoms with Crippen LogP contribution >= 0.6 is 0 Å². The first-order valence-electron chi connectivity index (χ1n) is 12.1. The molecular weight excluding hydrogens is 472 g/mol. The zero-order chi connectivity index (χ0) is 28.4. The maximum absolute atomic E-state index is 12.9. The van der Waals surface area contributed by atoms with E-state index in [9.17, 15) is 24.3 Å². The Morgan fingerprint density at radius 3 is 1.28 bits per heavy atom. The number of hydrogen-bond acceptors (Lipinski definition) is 10. The Morgan fingerprint density at radius 2 is 0.917 bits per heavy atom. The fourth-order valence-corrected chi connectivity index (χ4v) is 2.71. The lowest BCUT2D eigenvalue weighted by Crippen LogP contribution is -2.63. The van der Waals surface area contributed by atoms with E-state index in [1.165, 1.54) is 0 Å². The Labute approximate surface area is 214 Å². The minimum atomic E-state index is -1.75. The first kappa shape index (κ1) is 31.8. The molecule has 1 fully saturated rings. The molecule has 10 nitrogen and oxygen atoms in total. The van der Waals surface area contributed by atoms with Gasteiger partial charge in [-0.3, -0.25) is 19.2 Å². The van der Waals surface area contributed by atoms with Crippen molar-refractivity contribution in [3.8, 4) is 0 Å². The molecule has 0 aromatic rings. The third-order valence-electron chi connectivity index (χ3n) is 5.17. The molecule has 0 aromatic carbocycles. The van der Waals surface area contributed by atoms with E-state index in [1.54, 1.807) is 83.1 Å². The maximum Gasteiger partial charge on any atom is 0.311 e. The van der Waals surface area contributed by atoms with Crippen LogP contribution in [-0.4, -0.2) is 66.3 Å². The molecular formula is C26H44O10. The normalized spacial score (nSPS) is 25.5. The van der Waals surface area contributed by atoms with Gasteiger partial charge < -0.3 is 28.8 Å². The van der Waals surface area contributed by atoms with Crippen molar-refractivity contribution in [2.75, 3.05) is 6.61 Å². The summed E-state index contributed by atoms with van der Waals surface area (Å²) in [6.45, 7) is 19.2. The van der Waals surface area contributed by atoms with Crippen LogP contribution in [0.25, 0.3) is 0 Å². The summed E-state index contributed by atoms with van der Waals surface area (Å²) in [5.74, 6) is -2.57. The molecule has 0 amide bonds. The van der Waals surface area contributed by atoms with Gasteiger partial charge >= 0.3 is 23.9 Å². The van der Waals surface area contributed by atoms with Crippen molar-refractivity contribution >= 4 is 23.9 Å². The summed E-state index contributed by atoms with van der Waals surface area (Å²) >= 11 is 0. The van der Waals surface area contributed by atoms with Crippen molar-refractivity contribution in [3.05, 3.63) is 0 Å². The molecule has 10 heteroatoms. The van der Waals surface area contributed by atoms with Gasteiger partial charge in [0.1, 0.15) is 12.7 Å². The minimum absolute atomic E-state index is 0.404. The zero-order valence-corrected chi connectivity index (χ0v) is 23.7. The molecule has 1 aliphatic rings. The van der Waals surface area contributed by atoms with Gasteiger partial charge in [0.15, 0.2) is 24.6 Å². The molecule has 0 bridgehead atoms. The lowest BCUT2D eigenvalue weighted by Gasteiger charge is -2.44. The molecule has 0 saturated carbocycles. The standard InChI is InChI=1S/C26H44O10/c1-23(2,3)19(28)32-13-14-15(34-20(29)24(4,5)6)16(35-21(30)25(7,8)9)17(18(27)33-14)36-22(31)26(10,11)12/h14-18,27H,13H2,1-12H3/t14-,15+,16+,17+,18-/m1/s1. The fourth-order valence-electron chi connectivity index (χ4n) is 2.71. The summed E-state index contributed by atoms with van der Waals surface area (Å²) in [7, 11) is 0. The van der Waals surface area contributed by atoms with Gasteiger partial charge in [-0.15, -0.1) is 0 Å². The number of rotatable bonds is 5. The van der Waals surface area contributed by atoms with Gasteiger partial charge in [0.2, 0.25) is 0 Å². The number of aliphatic hydroxyl groups is 1. The van der Waals surface area contributed by atoms with E-state index in [4.69, 9.17) is 23.7 Å².